The van der Waals surface area contributed by atoms with Gasteiger partial charge in [0.05, 0.1) is 19.6 Å². The van der Waals surface area contributed by atoms with Crippen molar-refractivity contribution in [3.63, 3.8) is 0 Å². The van der Waals surface area contributed by atoms with Gasteiger partial charge in [-0.05, 0) is 11.1 Å². The Hall–Kier alpha value is -1.35. The minimum absolute atomic E-state index is 0.0908. The van der Waals surface area contributed by atoms with Crippen molar-refractivity contribution in [1.82, 2.24) is 0 Å². The van der Waals surface area contributed by atoms with E-state index in [0.717, 1.165) is 18.8 Å². The second-order valence-electron chi connectivity index (χ2n) is 4.32. The Morgan fingerprint density at radius 2 is 2.00 bits per heavy atom. The van der Waals surface area contributed by atoms with E-state index >= 15 is 0 Å². The van der Waals surface area contributed by atoms with Crippen molar-refractivity contribution < 1.29 is 14.6 Å². The zero-order valence-electron chi connectivity index (χ0n) is 8.69. The molecule has 1 aliphatic heterocycles. The van der Waals surface area contributed by atoms with Gasteiger partial charge in [-0.3, -0.25) is 4.79 Å². The summed E-state index contributed by atoms with van der Waals surface area (Å²) in [5, 5.41) is 8.63. The summed E-state index contributed by atoms with van der Waals surface area (Å²) < 4.78 is 5.19. The molecule has 0 unspecified atom stereocenters. The fourth-order valence-electron chi connectivity index (χ4n) is 1.77. The quantitative estimate of drug-likeness (QED) is 0.817. The van der Waals surface area contributed by atoms with Crippen LogP contribution in [-0.4, -0.2) is 24.3 Å². The van der Waals surface area contributed by atoms with Crippen LogP contribution in [-0.2, 0) is 21.4 Å². The van der Waals surface area contributed by atoms with Crippen LogP contribution < -0.4 is 0 Å². The number of carboxylic acids is 1. The Kier molecular flexibility index (Phi) is 2.49. The van der Waals surface area contributed by atoms with Crippen LogP contribution in [0.1, 0.15) is 18.1 Å². The first-order chi connectivity index (χ1) is 7.10. The van der Waals surface area contributed by atoms with Gasteiger partial charge in [0.25, 0.3) is 0 Å². The first-order valence-electron chi connectivity index (χ1n) is 4.99. The van der Waals surface area contributed by atoms with Gasteiger partial charge in [0.2, 0.25) is 0 Å². The fourth-order valence-corrected chi connectivity index (χ4v) is 1.77. The molecule has 0 aromatic heterocycles. The number of aliphatic carboxylic acids is 1. The van der Waals surface area contributed by atoms with Crippen LogP contribution in [0.4, 0.5) is 0 Å². The third-order valence-corrected chi connectivity index (χ3v) is 2.85. The molecule has 1 aliphatic rings. The molecule has 0 bridgehead atoms. The van der Waals surface area contributed by atoms with E-state index in [1.807, 2.05) is 24.3 Å². The summed E-state index contributed by atoms with van der Waals surface area (Å²) in [5.41, 5.74) is 2.19. The number of rotatable bonds is 3. The Morgan fingerprint density at radius 3 is 2.40 bits per heavy atom. The molecular formula is C12H14O3. The van der Waals surface area contributed by atoms with E-state index in [4.69, 9.17) is 9.84 Å². The topological polar surface area (TPSA) is 46.5 Å². The van der Waals surface area contributed by atoms with Crippen LogP contribution in [0.15, 0.2) is 24.3 Å². The van der Waals surface area contributed by atoms with Crippen LogP contribution in [0.5, 0.6) is 0 Å². The SMILES string of the molecule is CC1(c2ccc(CC(=O)O)cc2)COC1. The van der Waals surface area contributed by atoms with Crippen molar-refractivity contribution in [2.24, 2.45) is 0 Å². The molecule has 0 saturated carbocycles. The monoisotopic (exact) mass is 206 g/mol. The molecule has 1 aromatic carbocycles. The van der Waals surface area contributed by atoms with E-state index in [-0.39, 0.29) is 11.8 Å². The molecule has 0 radical (unpaired) electrons. The van der Waals surface area contributed by atoms with E-state index < -0.39 is 5.97 Å². The van der Waals surface area contributed by atoms with Gasteiger partial charge in [0, 0.05) is 5.41 Å². The van der Waals surface area contributed by atoms with Gasteiger partial charge in [0.15, 0.2) is 0 Å². The van der Waals surface area contributed by atoms with E-state index in [2.05, 4.69) is 6.92 Å². The van der Waals surface area contributed by atoms with Crippen molar-refractivity contribution in [2.45, 2.75) is 18.8 Å². The number of benzene rings is 1. The number of hydrogen-bond acceptors (Lipinski definition) is 2. The summed E-state index contributed by atoms with van der Waals surface area (Å²) in [7, 11) is 0. The average Bonchev–Trinajstić information content (AvgIpc) is 2.14. The lowest BCUT2D eigenvalue weighted by Gasteiger charge is -2.38. The van der Waals surface area contributed by atoms with Crippen LogP contribution in [0.2, 0.25) is 0 Å². The molecule has 0 aliphatic carbocycles. The molecule has 1 heterocycles. The third-order valence-electron chi connectivity index (χ3n) is 2.85. The van der Waals surface area contributed by atoms with Crippen LogP contribution >= 0.6 is 0 Å². The maximum Gasteiger partial charge on any atom is 0.307 e. The lowest BCUT2D eigenvalue weighted by Crippen LogP contribution is -2.43. The molecule has 0 amide bonds. The van der Waals surface area contributed by atoms with Gasteiger partial charge in [-0.25, -0.2) is 0 Å². The van der Waals surface area contributed by atoms with Gasteiger partial charge in [-0.1, -0.05) is 31.2 Å². The summed E-state index contributed by atoms with van der Waals surface area (Å²) >= 11 is 0. The molecule has 1 N–H and O–H groups in total. The Labute approximate surface area is 88.7 Å². The predicted octanol–water partition coefficient (Wildman–Crippen LogP) is 1.60. The second-order valence-corrected chi connectivity index (χ2v) is 4.32. The largest absolute Gasteiger partial charge is 0.481 e. The molecule has 3 heteroatoms. The summed E-state index contributed by atoms with van der Waals surface area (Å²) in [4.78, 5) is 10.5. The summed E-state index contributed by atoms with van der Waals surface area (Å²) in [6.07, 6.45) is 0.0908. The molecular weight excluding hydrogens is 192 g/mol. The lowest BCUT2D eigenvalue weighted by molar-refractivity contribution is -0.136. The van der Waals surface area contributed by atoms with Crippen molar-refractivity contribution in [1.29, 1.82) is 0 Å². The van der Waals surface area contributed by atoms with Crippen LogP contribution in [0, 0.1) is 0 Å². The smallest absolute Gasteiger partial charge is 0.307 e. The Balaban J connectivity index is 2.13. The molecule has 2 rings (SSSR count). The highest BCUT2D eigenvalue weighted by Crippen LogP contribution is 2.31. The number of hydrogen-bond donors (Lipinski definition) is 1. The van der Waals surface area contributed by atoms with E-state index in [1.165, 1.54) is 5.56 Å². The highest BCUT2D eigenvalue weighted by atomic mass is 16.5. The van der Waals surface area contributed by atoms with Crippen LogP contribution in [0.3, 0.4) is 0 Å². The van der Waals surface area contributed by atoms with Crippen molar-refractivity contribution in [2.75, 3.05) is 13.2 Å². The Bertz CT molecular complexity index is 363. The highest BCUT2D eigenvalue weighted by molar-refractivity contribution is 5.70. The minimum atomic E-state index is -0.791. The van der Waals surface area contributed by atoms with E-state index in [9.17, 15) is 4.79 Å². The molecule has 15 heavy (non-hydrogen) atoms. The van der Waals surface area contributed by atoms with Crippen molar-refractivity contribution in [3.8, 4) is 0 Å². The van der Waals surface area contributed by atoms with Gasteiger partial charge < -0.3 is 9.84 Å². The third kappa shape index (κ3) is 2.02. The standard InChI is InChI=1S/C12H14O3/c1-12(7-15-8-12)10-4-2-9(3-5-10)6-11(13)14/h2-5H,6-8H2,1H3,(H,13,14). The summed E-state index contributed by atoms with van der Waals surface area (Å²) in [6.45, 7) is 3.67. The predicted molar refractivity (Wildman–Crippen MR) is 56.0 cm³/mol. The molecule has 0 spiro atoms. The maximum absolute atomic E-state index is 10.5. The Morgan fingerprint density at radius 1 is 1.40 bits per heavy atom. The van der Waals surface area contributed by atoms with E-state index in [0.29, 0.717) is 0 Å². The second kappa shape index (κ2) is 3.66. The average molecular weight is 206 g/mol. The minimum Gasteiger partial charge on any atom is -0.481 e. The fraction of sp³-hybridized carbons (Fsp3) is 0.417. The van der Waals surface area contributed by atoms with Gasteiger partial charge in [-0.15, -0.1) is 0 Å². The zero-order valence-corrected chi connectivity index (χ0v) is 8.69. The van der Waals surface area contributed by atoms with Gasteiger partial charge in [-0.2, -0.15) is 0 Å². The number of carboxylic acid groups (broad SMARTS) is 1. The molecule has 0 atom stereocenters. The maximum atomic E-state index is 10.5. The van der Waals surface area contributed by atoms with Gasteiger partial charge >= 0.3 is 5.97 Å². The molecule has 1 aromatic rings. The summed E-state index contributed by atoms with van der Waals surface area (Å²) in [5.74, 6) is -0.791. The first-order valence-corrected chi connectivity index (χ1v) is 4.99. The number of ether oxygens (including phenoxy) is 1. The van der Waals surface area contributed by atoms with Crippen molar-refractivity contribution in [3.05, 3.63) is 35.4 Å². The number of carbonyl (C=O) groups is 1. The van der Waals surface area contributed by atoms with E-state index in [1.54, 1.807) is 0 Å². The lowest BCUT2D eigenvalue weighted by atomic mass is 9.80. The zero-order chi connectivity index (χ0) is 10.9. The molecule has 80 valence electrons. The van der Waals surface area contributed by atoms with Crippen LogP contribution in [0.25, 0.3) is 0 Å². The summed E-state index contributed by atoms with van der Waals surface area (Å²) in [6, 6.07) is 7.77. The highest BCUT2D eigenvalue weighted by Gasteiger charge is 2.34. The molecule has 1 saturated heterocycles. The molecule has 3 nitrogen and oxygen atoms in total. The van der Waals surface area contributed by atoms with Crippen molar-refractivity contribution >= 4 is 5.97 Å². The van der Waals surface area contributed by atoms with Gasteiger partial charge in [0.1, 0.15) is 0 Å². The first kappa shape index (κ1) is 10.2. The normalized spacial score (nSPS) is 18.2. The molecule has 1 fully saturated rings.